The molecule has 0 atom stereocenters. The maximum absolute atomic E-state index is 4.52. The van der Waals surface area contributed by atoms with Gasteiger partial charge in [0, 0.05) is 19.2 Å². The molecule has 0 aliphatic heterocycles. The van der Waals surface area contributed by atoms with Gasteiger partial charge in [0.05, 0.1) is 11.2 Å². The predicted octanol–water partition coefficient (Wildman–Crippen LogP) is 3.26. The van der Waals surface area contributed by atoms with E-state index in [4.69, 9.17) is 0 Å². The highest BCUT2D eigenvalue weighted by Gasteiger charge is 2.11. The Morgan fingerprint density at radius 2 is 2.13 bits per heavy atom. The number of halogens is 1. The Labute approximate surface area is 97.6 Å². The summed E-state index contributed by atoms with van der Waals surface area (Å²) < 4.78 is 3.04. The molecular formula is C11H14BrN3. The minimum atomic E-state index is 0.413. The molecule has 15 heavy (non-hydrogen) atoms. The number of nitrogens with zero attached hydrogens (tertiary/aromatic N) is 2. The average Bonchev–Trinajstić information content (AvgIpc) is 2.56. The van der Waals surface area contributed by atoms with Crippen LogP contribution in [0.25, 0.3) is 5.52 Å². The molecular weight excluding hydrogens is 254 g/mol. The molecule has 2 aromatic heterocycles. The highest BCUT2D eigenvalue weighted by molar-refractivity contribution is 9.10. The Hall–Kier alpha value is -1.03. The summed E-state index contributed by atoms with van der Waals surface area (Å²) in [5.74, 6) is 1.49. The second-order valence-corrected chi connectivity index (χ2v) is 4.59. The summed E-state index contributed by atoms with van der Waals surface area (Å²) in [4.78, 5) is 4.52. The van der Waals surface area contributed by atoms with Crippen LogP contribution in [-0.2, 0) is 0 Å². The van der Waals surface area contributed by atoms with E-state index in [0.717, 1.165) is 21.6 Å². The number of fused-ring (bicyclic) bond motifs is 1. The zero-order valence-electron chi connectivity index (χ0n) is 9.08. The number of hydrogen-bond donors (Lipinski definition) is 1. The van der Waals surface area contributed by atoms with Crippen molar-refractivity contribution in [3.05, 3.63) is 28.8 Å². The monoisotopic (exact) mass is 267 g/mol. The SMILES string of the molecule is CNc1ccc2c(Br)nc(C(C)C)n2c1. The lowest BCUT2D eigenvalue weighted by Gasteiger charge is -2.06. The van der Waals surface area contributed by atoms with E-state index in [2.05, 4.69) is 56.7 Å². The van der Waals surface area contributed by atoms with Crippen molar-refractivity contribution in [2.75, 3.05) is 12.4 Å². The van der Waals surface area contributed by atoms with Gasteiger partial charge in [-0.15, -0.1) is 0 Å². The van der Waals surface area contributed by atoms with Crippen molar-refractivity contribution in [2.24, 2.45) is 0 Å². The number of pyridine rings is 1. The second-order valence-electron chi connectivity index (χ2n) is 3.84. The minimum Gasteiger partial charge on any atom is -0.387 e. The average molecular weight is 268 g/mol. The first-order valence-corrected chi connectivity index (χ1v) is 5.78. The number of aromatic nitrogens is 2. The molecule has 0 amide bonds. The van der Waals surface area contributed by atoms with Crippen LogP contribution in [0.3, 0.4) is 0 Å². The first kappa shape index (κ1) is 10.5. The molecule has 0 spiro atoms. The van der Waals surface area contributed by atoms with E-state index >= 15 is 0 Å². The molecule has 0 saturated carbocycles. The van der Waals surface area contributed by atoms with Crippen LogP contribution in [-0.4, -0.2) is 16.4 Å². The number of imidazole rings is 1. The van der Waals surface area contributed by atoms with Crippen LogP contribution in [0.1, 0.15) is 25.6 Å². The van der Waals surface area contributed by atoms with E-state index in [1.54, 1.807) is 0 Å². The molecule has 0 radical (unpaired) electrons. The maximum atomic E-state index is 4.52. The van der Waals surface area contributed by atoms with Crippen LogP contribution in [0.2, 0.25) is 0 Å². The fourth-order valence-electron chi connectivity index (χ4n) is 1.63. The van der Waals surface area contributed by atoms with Crippen molar-refractivity contribution in [3.63, 3.8) is 0 Å². The fourth-order valence-corrected chi connectivity index (χ4v) is 2.13. The zero-order chi connectivity index (χ0) is 11.0. The van der Waals surface area contributed by atoms with Crippen molar-refractivity contribution in [3.8, 4) is 0 Å². The molecule has 0 bridgehead atoms. The Bertz CT molecular complexity index is 488. The molecule has 0 fully saturated rings. The largest absolute Gasteiger partial charge is 0.387 e. The van der Waals surface area contributed by atoms with Crippen LogP contribution in [0.15, 0.2) is 22.9 Å². The van der Waals surface area contributed by atoms with Crippen LogP contribution in [0.5, 0.6) is 0 Å². The molecule has 2 heterocycles. The van der Waals surface area contributed by atoms with Crippen LogP contribution in [0, 0.1) is 0 Å². The van der Waals surface area contributed by atoms with E-state index in [-0.39, 0.29) is 0 Å². The van der Waals surface area contributed by atoms with E-state index in [0.29, 0.717) is 5.92 Å². The smallest absolute Gasteiger partial charge is 0.132 e. The topological polar surface area (TPSA) is 29.3 Å². The summed E-state index contributed by atoms with van der Waals surface area (Å²) in [6, 6.07) is 4.11. The molecule has 2 rings (SSSR count). The summed E-state index contributed by atoms with van der Waals surface area (Å²) >= 11 is 3.48. The predicted molar refractivity (Wildman–Crippen MR) is 66.5 cm³/mol. The van der Waals surface area contributed by atoms with Gasteiger partial charge in [0.15, 0.2) is 0 Å². The zero-order valence-corrected chi connectivity index (χ0v) is 10.7. The van der Waals surface area contributed by atoms with E-state index in [1.165, 1.54) is 0 Å². The van der Waals surface area contributed by atoms with Gasteiger partial charge >= 0.3 is 0 Å². The van der Waals surface area contributed by atoms with Gasteiger partial charge in [-0.2, -0.15) is 0 Å². The van der Waals surface area contributed by atoms with Crippen molar-refractivity contribution >= 4 is 27.1 Å². The standard InChI is InChI=1S/C11H14BrN3/c1-7(2)11-14-10(12)9-5-4-8(13-3)6-15(9)11/h4-7,13H,1-3H3. The Morgan fingerprint density at radius 3 is 2.73 bits per heavy atom. The van der Waals surface area contributed by atoms with Crippen LogP contribution in [0.4, 0.5) is 5.69 Å². The Morgan fingerprint density at radius 1 is 1.40 bits per heavy atom. The number of nitrogens with one attached hydrogen (secondary N) is 1. The first-order chi connectivity index (χ1) is 7.13. The van der Waals surface area contributed by atoms with Crippen molar-refractivity contribution in [2.45, 2.75) is 19.8 Å². The summed E-state index contributed by atoms with van der Waals surface area (Å²) in [6.07, 6.45) is 2.07. The second kappa shape index (κ2) is 3.85. The highest BCUT2D eigenvalue weighted by Crippen LogP contribution is 2.24. The van der Waals surface area contributed by atoms with Gasteiger partial charge in [0.1, 0.15) is 10.4 Å². The van der Waals surface area contributed by atoms with Gasteiger partial charge in [-0.1, -0.05) is 13.8 Å². The summed E-state index contributed by atoms with van der Waals surface area (Å²) in [7, 11) is 1.92. The Balaban J connectivity index is 2.71. The lowest BCUT2D eigenvalue weighted by molar-refractivity contribution is 0.769. The fraction of sp³-hybridized carbons (Fsp3) is 0.364. The summed E-state index contributed by atoms with van der Waals surface area (Å²) in [6.45, 7) is 4.29. The van der Waals surface area contributed by atoms with Crippen molar-refractivity contribution in [1.82, 2.24) is 9.38 Å². The first-order valence-electron chi connectivity index (χ1n) is 4.98. The highest BCUT2D eigenvalue weighted by atomic mass is 79.9. The van der Waals surface area contributed by atoms with Gasteiger partial charge in [-0.3, -0.25) is 0 Å². The van der Waals surface area contributed by atoms with Gasteiger partial charge < -0.3 is 9.72 Å². The molecule has 4 heteroatoms. The number of anilines is 1. The molecule has 0 aromatic carbocycles. The molecule has 1 N–H and O–H groups in total. The van der Waals surface area contributed by atoms with E-state index < -0.39 is 0 Å². The third-order valence-electron chi connectivity index (χ3n) is 2.42. The van der Waals surface area contributed by atoms with Crippen molar-refractivity contribution in [1.29, 1.82) is 0 Å². The molecule has 0 aliphatic carbocycles. The normalized spacial score (nSPS) is 11.3. The number of rotatable bonds is 2. The quantitative estimate of drug-likeness (QED) is 0.905. The minimum absolute atomic E-state index is 0.413. The molecule has 2 aromatic rings. The van der Waals surface area contributed by atoms with Crippen molar-refractivity contribution < 1.29 is 0 Å². The third-order valence-corrected chi connectivity index (χ3v) is 3.01. The summed E-state index contributed by atoms with van der Waals surface area (Å²) in [5, 5.41) is 3.13. The van der Waals surface area contributed by atoms with E-state index in [9.17, 15) is 0 Å². The molecule has 0 aliphatic rings. The Kier molecular flexibility index (Phi) is 2.69. The van der Waals surface area contributed by atoms with Crippen LogP contribution >= 0.6 is 15.9 Å². The van der Waals surface area contributed by atoms with Gasteiger partial charge in [-0.05, 0) is 28.1 Å². The molecule has 0 unspecified atom stereocenters. The van der Waals surface area contributed by atoms with Crippen LogP contribution < -0.4 is 5.32 Å². The molecule has 80 valence electrons. The summed E-state index contributed by atoms with van der Waals surface area (Å²) in [5.41, 5.74) is 2.20. The number of hydrogen-bond acceptors (Lipinski definition) is 2. The third kappa shape index (κ3) is 1.74. The van der Waals surface area contributed by atoms with Gasteiger partial charge in [0.25, 0.3) is 0 Å². The molecule has 3 nitrogen and oxygen atoms in total. The van der Waals surface area contributed by atoms with Gasteiger partial charge in [0.2, 0.25) is 0 Å². The van der Waals surface area contributed by atoms with Gasteiger partial charge in [-0.25, -0.2) is 4.98 Å². The lowest BCUT2D eigenvalue weighted by atomic mass is 10.2. The van der Waals surface area contributed by atoms with E-state index in [1.807, 2.05) is 13.1 Å². The lowest BCUT2D eigenvalue weighted by Crippen LogP contribution is -1.98. The maximum Gasteiger partial charge on any atom is 0.132 e. The molecule has 0 saturated heterocycles.